The monoisotopic (exact) mass is 369 g/mol. The van der Waals surface area contributed by atoms with Crippen molar-refractivity contribution in [3.63, 3.8) is 0 Å². The van der Waals surface area contributed by atoms with E-state index in [0.717, 1.165) is 25.0 Å². The van der Waals surface area contributed by atoms with Crippen molar-refractivity contribution in [1.82, 2.24) is 4.90 Å². The number of amides is 1. The number of benzene rings is 1. The molecule has 4 nitrogen and oxygen atoms in total. The molecule has 0 saturated heterocycles. The third-order valence-corrected chi connectivity index (χ3v) is 5.75. The van der Waals surface area contributed by atoms with Crippen LogP contribution in [-0.4, -0.2) is 32.8 Å². The average Bonchev–Trinajstić information content (AvgIpc) is 2.34. The van der Waals surface area contributed by atoms with Crippen LogP contribution in [0.15, 0.2) is 17.0 Å². The Kier molecular flexibility index (Phi) is 5.08. The van der Waals surface area contributed by atoms with Crippen LogP contribution >= 0.6 is 33.9 Å². The summed E-state index contributed by atoms with van der Waals surface area (Å²) in [6, 6.07) is 2.30. The average molecular weight is 371 g/mol. The fourth-order valence-corrected chi connectivity index (χ4v) is 3.47. The molecule has 1 aromatic carbocycles. The standard InChI is InChI=1S/C13H14Cl3NO3S/c1-17(7-8-3-2-4-8)13(18)10-5-9(21(16,19)20)6-11(14)12(10)15/h5-6,8H,2-4,7H2,1H3. The van der Waals surface area contributed by atoms with Crippen molar-refractivity contribution in [2.75, 3.05) is 13.6 Å². The summed E-state index contributed by atoms with van der Waals surface area (Å²) in [5.41, 5.74) is 0.0465. The van der Waals surface area contributed by atoms with Crippen molar-refractivity contribution in [2.45, 2.75) is 24.2 Å². The molecule has 1 amide bonds. The first-order valence-corrected chi connectivity index (χ1v) is 9.46. The van der Waals surface area contributed by atoms with Gasteiger partial charge in [-0.3, -0.25) is 4.79 Å². The zero-order valence-electron chi connectivity index (χ0n) is 11.3. The van der Waals surface area contributed by atoms with Crippen LogP contribution in [-0.2, 0) is 9.05 Å². The third kappa shape index (κ3) is 3.83. The van der Waals surface area contributed by atoms with Crippen LogP contribution in [0.1, 0.15) is 29.6 Å². The van der Waals surface area contributed by atoms with E-state index in [1.165, 1.54) is 11.3 Å². The zero-order valence-corrected chi connectivity index (χ0v) is 14.4. The molecule has 0 radical (unpaired) electrons. The molecule has 0 spiro atoms. The molecule has 1 aromatic rings. The second kappa shape index (κ2) is 6.32. The highest BCUT2D eigenvalue weighted by atomic mass is 35.7. The van der Waals surface area contributed by atoms with Crippen LogP contribution in [0.25, 0.3) is 0 Å². The molecule has 8 heteroatoms. The number of hydrogen-bond acceptors (Lipinski definition) is 3. The minimum absolute atomic E-state index is 0.0150. The molecule has 2 rings (SSSR count). The largest absolute Gasteiger partial charge is 0.341 e. The van der Waals surface area contributed by atoms with Crippen molar-refractivity contribution >= 4 is 48.8 Å². The van der Waals surface area contributed by atoms with E-state index in [1.807, 2.05) is 0 Å². The summed E-state index contributed by atoms with van der Waals surface area (Å²) in [5.74, 6) is 0.129. The summed E-state index contributed by atoms with van der Waals surface area (Å²) in [6.45, 7) is 0.616. The summed E-state index contributed by atoms with van der Waals surface area (Å²) in [4.78, 5) is 13.7. The first-order valence-electron chi connectivity index (χ1n) is 6.39. The molecule has 21 heavy (non-hydrogen) atoms. The highest BCUT2D eigenvalue weighted by Gasteiger charge is 2.25. The van der Waals surface area contributed by atoms with E-state index in [4.69, 9.17) is 33.9 Å². The molecular formula is C13H14Cl3NO3S. The number of nitrogens with zero attached hydrogens (tertiary/aromatic N) is 1. The highest BCUT2D eigenvalue weighted by molar-refractivity contribution is 8.13. The molecule has 0 atom stereocenters. The van der Waals surface area contributed by atoms with Gasteiger partial charge in [-0.25, -0.2) is 8.42 Å². The van der Waals surface area contributed by atoms with Crippen LogP contribution < -0.4 is 0 Å². The third-order valence-electron chi connectivity index (χ3n) is 3.62. The first kappa shape index (κ1) is 16.9. The van der Waals surface area contributed by atoms with E-state index in [9.17, 15) is 13.2 Å². The molecule has 116 valence electrons. The van der Waals surface area contributed by atoms with E-state index in [1.54, 1.807) is 7.05 Å². The number of halogens is 3. The topological polar surface area (TPSA) is 54.5 Å². The van der Waals surface area contributed by atoms with Gasteiger partial charge < -0.3 is 4.90 Å². The van der Waals surface area contributed by atoms with Gasteiger partial charge in [0, 0.05) is 24.3 Å². The molecule has 1 saturated carbocycles. The minimum Gasteiger partial charge on any atom is -0.341 e. The summed E-state index contributed by atoms with van der Waals surface area (Å²) >= 11 is 11.9. The quantitative estimate of drug-likeness (QED) is 0.758. The molecule has 0 bridgehead atoms. The number of rotatable bonds is 4. The minimum atomic E-state index is -3.98. The maximum Gasteiger partial charge on any atom is 0.261 e. The van der Waals surface area contributed by atoms with Crippen LogP contribution in [0.2, 0.25) is 10.0 Å². The molecular weight excluding hydrogens is 357 g/mol. The van der Waals surface area contributed by atoms with Crippen molar-refractivity contribution < 1.29 is 13.2 Å². The van der Waals surface area contributed by atoms with Crippen LogP contribution in [0.4, 0.5) is 0 Å². The van der Waals surface area contributed by atoms with E-state index in [2.05, 4.69) is 0 Å². The highest BCUT2D eigenvalue weighted by Crippen LogP contribution is 2.32. The van der Waals surface area contributed by atoms with Gasteiger partial charge in [-0.2, -0.15) is 0 Å². The lowest BCUT2D eigenvalue weighted by Gasteiger charge is -2.30. The number of hydrogen-bond donors (Lipinski definition) is 0. The van der Waals surface area contributed by atoms with Gasteiger partial charge in [-0.05, 0) is 30.9 Å². The van der Waals surface area contributed by atoms with Gasteiger partial charge in [0.15, 0.2) is 0 Å². The molecule has 1 fully saturated rings. The van der Waals surface area contributed by atoms with E-state index in [-0.39, 0.29) is 26.4 Å². The Morgan fingerprint density at radius 1 is 1.33 bits per heavy atom. The van der Waals surface area contributed by atoms with Gasteiger partial charge in [0.1, 0.15) is 0 Å². The molecule has 1 aliphatic carbocycles. The van der Waals surface area contributed by atoms with E-state index >= 15 is 0 Å². The first-order chi connectivity index (χ1) is 9.70. The van der Waals surface area contributed by atoms with E-state index in [0.29, 0.717) is 12.5 Å². The second-order valence-electron chi connectivity index (χ2n) is 5.19. The van der Waals surface area contributed by atoms with Gasteiger partial charge in [0.2, 0.25) is 0 Å². The predicted molar refractivity (Wildman–Crippen MR) is 83.8 cm³/mol. The maximum absolute atomic E-state index is 12.4. The summed E-state index contributed by atoms with van der Waals surface area (Å²) in [6.07, 6.45) is 3.38. The Labute approximate surface area is 138 Å². The molecule has 0 aliphatic heterocycles. The van der Waals surface area contributed by atoms with E-state index < -0.39 is 9.05 Å². The molecule has 0 heterocycles. The second-order valence-corrected chi connectivity index (χ2v) is 8.54. The van der Waals surface area contributed by atoms with Gasteiger partial charge in [0.25, 0.3) is 15.0 Å². The number of carbonyl (C=O) groups is 1. The van der Waals surface area contributed by atoms with Crippen LogP contribution in [0, 0.1) is 5.92 Å². The van der Waals surface area contributed by atoms with Gasteiger partial charge in [0.05, 0.1) is 20.5 Å². The zero-order chi connectivity index (χ0) is 15.8. The molecule has 0 aromatic heterocycles. The molecule has 0 N–H and O–H groups in total. The number of carbonyl (C=O) groups excluding carboxylic acids is 1. The Bertz CT molecular complexity index is 671. The maximum atomic E-state index is 12.4. The van der Waals surface area contributed by atoms with Gasteiger partial charge in [-0.15, -0.1) is 0 Å². The normalized spacial score (nSPS) is 15.6. The lowest BCUT2D eigenvalue weighted by Crippen LogP contribution is -2.34. The van der Waals surface area contributed by atoms with Crippen molar-refractivity contribution in [1.29, 1.82) is 0 Å². The Morgan fingerprint density at radius 3 is 2.43 bits per heavy atom. The molecule has 1 aliphatic rings. The SMILES string of the molecule is CN(CC1CCC1)C(=O)c1cc(S(=O)(=O)Cl)cc(Cl)c1Cl. The Balaban J connectivity index is 2.33. The molecule has 0 unspecified atom stereocenters. The van der Waals surface area contributed by atoms with Gasteiger partial charge in [-0.1, -0.05) is 29.6 Å². The summed E-state index contributed by atoms with van der Waals surface area (Å²) in [5, 5.41) is 0.0185. The fraction of sp³-hybridized carbons (Fsp3) is 0.462. The summed E-state index contributed by atoms with van der Waals surface area (Å²) < 4.78 is 22.8. The lowest BCUT2D eigenvalue weighted by molar-refractivity contribution is 0.0745. The predicted octanol–water partition coefficient (Wildman–Crippen LogP) is 3.79. The van der Waals surface area contributed by atoms with Crippen LogP contribution in [0.3, 0.4) is 0 Å². The lowest BCUT2D eigenvalue weighted by atomic mass is 9.85. The summed E-state index contributed by atoms with van der Waals surface area (Å²) in [7, 11) is 2.98. The van der Waals surface area contributed by atoms with Crippen LogP contribution in [0.5, 0.6) is 0 Å². The fourth-order valence-electron chi connectivity index (χ4n) is 2.21. The van der Waals surface area contributed by atoms with Crippen molar-refractivity contribution in [3.05, 3.63) is 27.7 Å². The van der Waals surface area contributed by atoms with Gasteiger partial charge >= 0.3 is 0 Å². The smallest absolute Gasteiger partial charge is 0.261 e. The van der Waals surface area contributed by atoms with Crippen molar-refractivity contribution in [3.8, 4) is 0 Å². The Hall–Kier alpha value is -0.490. The Morgan fingerprint density at radius 2 is 1.95 bits per heavy atom. The van der Waals surface area contributed by atoms with Crippen molar-refractivity contribution in [2.24, 2.45) is 5.92 Å².